The van der Waals surface area contributed by atoms with Crippen LogP contribution in [0, 0.1) is 11.8 Å². The first-order valence-electron chi connectivity index (χ1n) is 4.82. The van der Waals surface area contributed by atoms with E-state index in [0.717, 1.165) is 6.42 Å². The summed E-state index contributed by atoms with van der Waals surface area (Å²) in [6.07, 6.45) is -0.859. The molecule has 0 aromatic heterocycles. The van der Waals surface area contributed by atoms with Gasteiger partial charge < -0.3 is 5.73 Å². The lowest BCUT2D eigenvalue weighted by Crippen LogP contribution is -2.34. The van der Waals surface area contributed by atoms with Crippen molar-refractivity contribution in [1.29, 1.82) is 0 Å². The third kappa shape index (κ3) is 2.86. The summed E-state index contributed by atoms with van der Waals surface area (Å²) in [6.45, 7) is 0.372. The van der Waals surface area contributed by atoms with Crippen LogP contribution < -0.4 is 5.73 Å². The molecule has 0 spiro atoms. The maximum atomic E-state index is 12.5. The van der Waals surface area contributed by atoms with Crippen LogP contribution in [-0.2, 0) is 0 Å². The van der Waals surface area contributed by atoms with Gasteiger partial charge in [-0.2, -0.15) is 13.2 Å². The van der Waals surface area contributed by atoms with E-state index in [1.54, 1.807) is 0 Å². The van der Waals surface area contributed by atoms with E-state index in [2.05, 4.69) is 0 Å². The topological polar surface area (TPSA) is 26.0 Å². The second-order valence-corrected chi connectivity index (χ2v) is 3.77. The monoisotopic (exact) mass is 195 g/mol. The highest BCUT2D eigenvalue weighted by molar-refractivity contribution is 4.80. The highest BCUT2D eigenvalue weighted by Crippen LogP contribution is 2.42. The van der Waals surface area contributed by atoms with Crippen LogP contribution in [0.5, 0.6) is 0 Å². The Balaban J connectivity index is 2.56. The number of hydrogen-bond donors (Lipinski definition) is 1. The fourth-order valence-electron chi connectivity index (χ4n) is 2.20. The van der Waals surface area contributed by atoms with Gasteiger partial charge >= 0.3 is 6.18 Å². The van der Waals surface area contributed by atoms with Gasteiger partial charge in [-0.3, -0.25) is 0 Å². The van der Waals surface area contributed by atoms with Gasteiger partial charge in [-0.15, -0.1) is 0 Å². The molecule has 13 heavy (non-hydrogen) atoms. The van der Waals surface area contributed by atoms with Crippen LogP contribution in [0.1, 0.15) is 32.1 Å². The largest absolute Gasteiger partial charge is 0.392 e. The zero-order valence-electron chi connectivity index (χ0n) is 7.61. The molecule has 1 nitrogen and oxygen atoms in total. The second-order valence-electron chi connectivity index (χ2n) is 3.77. The molecule has 78 valence electrons. The van der Waals surface area contributed by atoms with E-state index in [9.17, 15) is 13.2 Å². The Bertz CT molecular complexity index is 153. The van der Waals surface area contributed by atoms with Crippen LogP contribution in [0.15, 0.2) is 0 Å². The van der Waals surface area contributed by atoms with Gasteiger partial charge in [0.25, 0.3) is 0 Å². The zero-order valence-corrected chi connectivity index (χ0v) is 7.61. The summed E-state index contributed by atoms with van der Waals surface area (Å²) < 4.78 is 37.4. The summed E-state index contributed by atoms with van der Waals surface area (Å²) >= 11 is 0. The summed E-state index contributed by atoms with van der Waals surface area (Å²) in [5.41, 5.74) is 5.30. The van der Waals surface area contributed by atoms with Gasteiger partial charge in [0.1, 0.15) is 0 Å². The molecule has 1 aliphatic rings. The van der Waals surface area contributed by atoms with Gasteiger partial charge in [0.2, 0.25) is 0 Å². The Hall–Kier alpha value is -0.250. The average molecular weight is 195 g/mol. The van der Waals surface area contributed by atoms with Crippen molar-refractivity contribution in [2.75, 3.05) is 6.54 Å². The Morgan fingerprint density at radius 2 is 1.77 bits per heavy atom. The lowest BCUT2D eigenvalue weighted by atomic mass is 9.77. The van der Waals surface area contributed by atoms with Gasteiger partial charge in [0, 0.05) is 0 Å². The van der Waals surface area contributed by atoms with Crippen molar-refractivity contribution in [2.24, 2.45) is 17.6 Å². The molecule has 0 aromatic rings. The van der Waals surface area contributed by atoms with E-state index in [0.29, 0.717) is 32.2 Å². The van der Waals surface area contributed by atoms with Crippen LogP contribution in [0.25, 0.3) is 0 Å². The van der Waals surface area contributed by atoms with Crippen LogP contribution in [0.3, 0.4) is 0 Å². The molecule has 2 N–H and O–H groups in total. The fourth-order valence-corrected chi connectivity index (χ4v) is 2.20. The highest BCUT2D eigenvalue weighted by Gasteiger charge is 2.44. The quantitative estimate of drug-likeness (QED) is 0.720. The maximum Gasteiger partial charge on any atom is 0.392 e. The van der Waals surface area contributed by atoms with Crippen LogP contribution in [-0.4, -0.2) is 12.7 Å². The molecule has 4 heteroatoms. The summed E-state index contributed by atoms with van der Waals surface area (Å²) in [7, 11) is 0. The molecule has 1 rings (SSSR count). The van der Waals surface area contributed by atoms with Gasteiger partial charge in [-0.1, -0.05) is 12.8 Å². The van der Waals surface area contributed by atoms with Gasteiger partial charge in [-0.05, 0) is 31.7 Å². The van der Waals surface area contributed by atoms with E-state index in [1.165, 1.54) is 0 Å². The lowest BCUT2D eigenvalue weighted by molar-refractivity contribution is -0.196. The Labute approximate surface area is 76.5 Å². The fraction of sp³-hybridized carbons (Fsp3) is 1.00. The van der Waals surface area contributed by atoms with E-state index in [-0.39, 0.29) is 5.92 Å². The summed E-state index contributed by atoms with van der Waals surface area (Å²) in [4.78, 5) is 0. The molecule has 0 bridgehead atoms. The molecule has 0 radical (unpaired) electrons. The molecule has 0 aliphatic heterocycles. The number of halogens is 3. The molecule has 0 aromatic carbocycles. The van der Waals surface area contributed by atoms with Crippen molar-refractivity contribution >= 4 is 0 Å². The summed E-state index contributed by atoms with van der Waals surface area (Å²) in [6, 6.07) is 0. The second kappa shape index (κ2) is 4.31. The molecule has 1 fully saturated rings. The molecule has 0 heterocycles. The van der Waals surface area contributed by atoms with Crippen molar-refractivity contribution < 1.29 is 13.2 Å². The van der Waals surface area contributed by atoms with Crippen molar-refractivity contribution in [2.45, 2.75) is 38.3 Å². The Morgan fingerprint density at radius 3 is 2.31 bits per heavy atom. The lowest BCUT2D eigenvalue weighted by Gasteiger charge is -2.32. The molecule has 1 saturated carbocycles. The van der Waals surface area contributed by atoms with Gasteiger partial charge in [0.15, 0.2) is 0 Å². The standard InChI is InChI=1S/C9H16F3N/c10-9(11,12)8-4-2-1-3-7(8)5-6-13/h7-8H,1-6,13H2. The van der Waals surface area contributed by atoms with Gasteiger partial charge in [0.05, 0.1) is 5.92 Å². The number of hydrogen-bond acceptors (Lipinski definition) is 1. The molecular formula is C9H16F3N. The summed E-state index contributed by atoms with van der Waals surface area (Å²) in [5, 5.41) is 0. The van der Waals surface area contributed by atoms with E-state index in [4.69, 9.17) is 5.73 Å². The molecular weight excluding hydrogens is 179 g/mol. The SMILES string of the molecule is NCCC1CCCCC1C(F)(F)F. The number of rotatable bonds is 2. The van der Waals surface area contributed by atoms with E-state index in [1.807, 2.05) is 0 Å². The Morgan fingerprint density at radius 1 is 1.15 bits per heavy atom. The highest BCUT2D eigenvalue weighted by atomic mass is 19.4. The molecule has 2 unspecified atom stereocenters. The molecule has 1 aliphatic carbocycles. The first kappa shape index (κ1) is 10.8. The number of alkyl halides is 3. The van der Waals surface area contributed by atoms with Crippen LogP contribution in [0.2, 0.25) is 0 Å². The minimum absolute atomic E-state index is 0.223. The smallest absolute Gasteiger partial charge is 0.330 e. The van der Waals surface area contributed by atoms with Crippen LogP contribution >= 0.6 is 0 Å². The van der Waals surface area contributed by atoms with E-state index >= 15 is 0 Å². The normalized spacial score (nSPS) is 30.5. The predicted molar refractivity (Wildman–Crippen MR) is 45.2 cm³/mol. The first-order valence-corrected chi connectivity index (χ1v) is 4.82. The minimum atomic E-state index is -4.01. The maximum absolute atomic E-state index is 12.5. The zero-order chi connectivity index (χ0) is 9.90. The average Bonchev–Trinajstić information content (AvgIpc) is 2.04. The van der Waals surface area contributed by atoms with Crippen LogP contribution in [0.4, 0.5) is 13.2 Å². The number of nitrogens with two attached hydrogens (primary N) is 1. The van der Waals surface area contributed by atoms with Crippen molar-refractivity contribution in [3.05, 3.63) is 0 Å². The molecule has 2 atom stereocenters. The van der Waals surface area contributed by atoms with Crippen molar-refractivity contribution in [1.82, 2.24) is 0 Å². The molecule has 0 saturated heterocycles. The van der Waals surface area contributed by atoms with Crippen molar-refractivity contribution in [3.63, 3.8) is 0 Å². The van der Waals surface area contributed by atoms with Gasteiger partial charge in [-0.25, -0.2) is 0 Å². The van der Waals surface area contributed by atoms with E-state index < -0.39 is 12.1 Å². The Kier molecular flexibility index (Phi) is 3.59. The predicted octanol–water partition coefficient (Wildman–Crippen LogP) is 2.70. The molecule has 0 amide bonds. The minimum Gasteiger partial charge on any atom is -0.330 e. The third-order valence-electron chi connectivity index (χ3n) is 2.87. The van der Waals surface area contributed by atoms with Crippen molar-refractivity contribution in [3.8, 4) is 0 Å². The third-order valence-corrected chi connectivity index (χ3v) is 2.87. The first-order chi connectivity index (χ1) is 6.05. The summed E-state index contributed by atoms with van der Waals surface area (Å²) in [5.74, 6) is -1.32.